The first-order chi connectivity index (χ1) is 14.8. The SMILES string of the molecule is CC(C)(C)[Si](C)(C)OCCN(CCn1cc([N+](=O)[O-])cc1[N+](=O)[O-])Cc1ccc(Br)cc1. The van der Waals surface area contributed by atoms with Gasteiger partial charge in [0.25, 0.3) is 0 Å². The summed E-state index contributed by atoms with van der Waals surface area (Å²) in [6, 6.07) is 8.99. The summed E-state index contributed by atoms with van der Waals surface area (Å²) in [5.41, 5.74) is 0.825. The Morgan fingerprint density at radius 1 is 1.09 bits per heavy atom. The van der Waals surface area contributed by atoms with Gasteiger partial charge in [0.2, 0.25) is 0 Å². The molecule has 0 amide bonds. The van der Waals surface area contributed by atoms with Gasteiger partial charge in [-0.3, -0.25) is 15.0 Å². The van der Waals surface area contributed by atoms with Crippen LogP contribution in [0.4, 0.5) is 11.5 Å². The van der Waals surface area contributed by atoms with E-state index in [1.807, 2.05) is 24.3 Å². The highest BCUT2D eigenvalue weighted by Crippen LogP contribution is 2.36. The fourth-order valence-electron chi connectivity index (χ4n) is 2.93. The molecule has 0 N–H and O–H groups in total. The van der Waals surface area contributed by atoms with Crippen LogP contribution in [0.15, 0.2) is 41.0 Å². The molecular formula is C21H31BrN4O5Si. The van der Waals surface area contributed by atoms with Crippen LogP contribution in [0.3, 0.4) is 0 Å². The average molecular weight is 527 g/mol. The highest BCUT2D eigenvalue weighted by atomic mass is 79.9. The largest absolute Gasteiger partial charge is 0.416 e. The van der Waals surface area contributed by atoms with Crippen LogP contribution in [0.2, 0.25) is 18.1 Å². The van der Waals surface area contributed by atoms with Gasteiger partial charge in [-0.25, -0.2) is 4.57 Å². The summed E-state index contributed by atoms with van der Waals surface area (Å²) < 4.78 is 8.64. The van der Waals surface area contributed by atoms with E-state index in [4.69, 9.17) is 4.43 Å². The summed E-state index contributed by atoms with van der Waals surface area (Å²) in [4.78, 5) is 23.3. The minimum absolute atomic E-state index is 0.105. The zero-order valence-corrected chi connectivity index (χ0v) is 21.8. The number of nitro groups is 2. The van der Waals surface area contributed by atoms with Crippen LogP contribution in [0.25, 0.3) is 0 Å². The van der Waals surface area contributed by atoms with Gasteiger partial charge in [-0.05, 0) is 40.8 Å². The highest BCUT2D eigenvalue weighted by molar-refractivity contribution is 9.10. The van der Waals surface area contributed by atoms with Gasteiger partial charge in [0.1, 0.15) is 12.6 Å². The summed E-state index contributed by atoms with van der Waals surface area (Å²) in [6.07, 6.45) is 1.22. The fourth-order valence-corrected chi connectivity index (χ4v) is 4.23. The van der Waals surface area contributed by atoms with E-state index in [0.29, 0.717) is 26.2 Å². The molecule has 0 saturated heterocycles. The number of benzene rings is 1. The van der Waals surface area contributed by atoms with Crippen LogP contribution in [-0.4, -0.2) is 47.3 Å². The van der Waals surface area contributed by atoms with E-state index in [1.165, 1.54) is 10.8 Å². The minimum Gasteiger partial charge on any atom is -0.416 e. The van der Waals surface area contributed by atoms with Crippen LogP contribution in [0.1, 0.15) is 26.3 Å². The van der Waals surface area contributed by atoms with Crippen molar-refractivity contribution < 1.29 is 14.3 Å². The summed E-state index contributed by atoms with van der Waals surface area (Å²) in [5.74, 6) is -0.280. The molecule has 0 spiro atoms. The molecular weight excluding hydrogens is 496 g/mol. The molecule has 2 rings (SSSR count). The van der Waals surface area contributed by atoms with Crippen molar-refractivity contribution in [2.24, 2.45) is 0 Å². The van der Waals surface area contributed by atoms with Crippen molar-refractivity contribution >= 4 is 35.8 Å². The molecule has 176 valence electrons. The standard InChI is InChI=1S/C21H31BrN4O5Si/c1-21(2,3)32(4,5)31-13-12-23(15-17-6-8-18(22)9-7-17)10-11-24-16-19(25(27)28)14-20(24)26(29)30/h6-9,14,16H,10-13,15H2,1-5H3. The van der Waals surface area contributed by atoms with Crippen LogP contribution in [0.5, 0.6) is 0 Å². The van der Waals surface area contributed by atoms with Gasteiger partial charge in [-0.1, -0.05) is 48.8 Å². The summed E-state index contributed by atoms with van der Waals surface area (Å²) in [7, 11) is -1.89. The third-order valence-electron chi connectivity index (χ3n) is 5.91. The molecule has 0 atom stereocenters. The predicted octanol–water partition coefficient (Wildman–Crippen LogP) is 5.59. The molecule has 0 fully saturated rings. The van der Waals surface area contributed by atoms with Crippen molar-refractivity contribution in [3.8, 4) is 0 Å². The van der Waals surface area contributed by atoms with Crippen molar-refractivity contribution in [3.05, 3.63) is 66.8 Å². The van der Waals surface area contributed by atoms with Crippen molar-refractivity contribution in [3.63, 3.8) is 0 Å². The van der Waals surface area contributed by atoms with Gasteiger partial charge < -0.3 is 14.5 Å². The second kappa shape index (κ2) is 10.7. The molecule has 0 radical (unpaired) electrons. The molecule has 32 heavy (non-hydrogen) atoms. The summed E-state index contributed by atoms with van der Waals surface area (Å²) in [6.45, 7) is 13.6. The lowest BCUT2D eigenvalue weighted by molar-refractivity contribution is -0.394. The van der Waals surface area contributed by atoms with Crippen LogP contribution >= 0.6 is 15.9 Å². The first-order valence-corrected chi connectivity index (χ1v) is 14.1. The Labute approximate surface area is 197 Å². The Kier molecular flexibility index (Phi) is 8.74. The maximum absolute atomic E-state index is 11.3. The molecule has 1 aromatic heterocycles. The summed E-state index contributed by atoms with van der Waals surface area (Å²) >= 11 is 3.44. The van der Waals surface area contributed by atoms with Crippen LogP contribution in [0, 0.1) is 20.2 Å². The topological polar surface area (TPSA) is 104 Å². The van der Waals surface area contributed by atoms with Crippen molar-refractivity contribution in [1.82, 2.24) is 9.47 Å². The second-order valence-electron chi connectivity index (χ2n) is 9.28. The monoisotopic (exact) mass is 526 g/mol. The van der Waals surface area contributed by atoms with Gasteiger partial charge in [-0.2, -0.15) is 0 Å². The Morgan fingerprint density at radius 2 is 1.72 bits per heavy atom. The molecule has 9 nitrogen and oxygen atoms in total. The lowest BCUT2D eigenvalue weighted by atomic mass is 10.2. The molecule has 0 saturated carbocycles. The van der Waals surface area contributed by atoms with Gasteiger partial charge in [-0.15, -0.1) is 0 Å². The number of aromatic nitrogens is 1. The lowest BCUT2D eigenvalue weighted by Crippen LogP contribution is -2.43. The quantitative estimate of drug-likeness (QED) is 0.214. The fraction of sp³-hybridized carbons (Fsp3) is 0.524. The van der Waals surface area contributed by atoms with E-state index in [9.17, 15) is 20.2 Å². The molecule has 1 aromatic carbocycles. The molecule has 0 aliphatic rings. The van der Waals surface area contributed by atoms with E-state index >= 15 is 0 Å². The Bertz CT molecular complexity index is 941. The van der Waals surface area contributed by atoms with Crippen molar-refractivity contribution in [2.75, 3.05) is 19.7 Å². The van der Waals surface area contributed by atoms with Crippen molar-refractivity contribution in [1.29, 1.82) is 0 Å². The Hall–Kier alpha value is -2.08. The smallest absolute Gasteiger partial charge is 0.330 e. The molecule has 2 aromatic rings. The zero-order valence-electron chi connectivity index (χ0n) is 19.2. The normalized spacial score (nSPS) is 12.3. The summed E-state index contributed by atoms with van der Waals surface area (Å²) in [5, 5.41) is 22.5. The maximum atomic E-state index is 11.3. The first-order valence-electron chi connectivity index (χ1n) is 10.4. The molecule has 0 unspecified atom stereocenters. The average Bonchev–Trinajstić information content (AvgIpc) is 3.11. The number of nitrogens with zero attached hydrogens (tertiary/aromatic N) is 4. The van der Waals surface area contributed by atoms with Crippen LogP contribution < -0.4 is 0 Å². The van der Waals surface area contributed by atoms with E-state index in [2.05, 4.69) is 54.7 Å². The number of halogens is 1. The van der Waals surface area contributed by atoms with Gasteiger partial charge in [0, 0.05) is 30.7 Å². The lowest BCUT2D eigenvalue weighted by Gasteiger charge is -2.36. The number of rotatable bonds is 11. The molecule has 0 bridgehead atoms. The van der Waals surface area contributed by atoms with Gasteiger partial charge in [0.05, 0.1) is 4.92 Å². The number of hydrogen-bond acceptors (Lipinski definition) is 6. The van der Waals surface area contributed by atoms with E-state index in [1.54, 1.807) is 0 Å². The molecule has 11 heteroatoms. The molecule has 0 aliphatic carbocycles. The Balaban J connectivity index is 2.13. The van der Waals surface area contributed by atoms with Gasteiger partial charge >= 0.3 is 11.5 Å². The van der Waals surface area contributed by atoms with E-state index in [-0.39, 0.29) is 23.1 Å². The molecule has 0 aliphatic heterocycles. The zero-order chi connectivity index (χ0) is 24.1. The minimum atomic E-state index is -1.89. The highest BCUT2D eigenvalue weighted by Gasteiger charge is 2.37. The van der Waals surface area contributed by atoms with Crippen LogP contribution in [-0.2, 0) is 17.5 Å². The first kappa shape index (κ1) is 26.2. The third-order valence-corrected chi connectivity index (χ3v) is 11.0. The van der Waals surface area contributed by atoms with E-state index in [0.717, 1.165) is 16.1 Å². The maximum Gasteiger partial charge on any atom is 0.330 e. The second-order valence-corrected chi connectivity index (χ2v) is 15.0. The number of hydrogen-bond donors (Lipinski definition) is 0. The predicted molar refractivity (Wildman–Crippen MR) is 130 cm³/mol. The van der Waals surface area contributed by atoms with Gasteiger partial charge in [0.15, 0.2) is 14.5 Å². The van der Waals surface area contributed by atoms with E-state index < -0.39 is 18.2 Å². The molecule has 1 heterocycles. The third kappa shape index (κ3) is 7.22. The van der Waals surface area contributed by atoms with Crippen molar-refractivity contribution in [2.45, 2.75) is 52.0 Å². The Morgan fingerprint density at radius 3 is 2.25 bits per heavy atom.